The summed E-state index contributed by atoms with van der Waals surface area (Å²) in [7, 11) is 0. The van der Waals surface area contributed by atoms with Crippen LogP contribution < -0.4 is 0 Å². The van der Waals surface area contributed by atoms with Gasteiger partial charge in [0.25, 0.3) is 0 Å². The van der Waals surface area contributed by atoms with Crippen LogP contribution in [0.5, 0.6) is 0 Å². The molecule has 0 aliphatic carbocycles. The smallest absolute Gasteiger partial charge is 0.0547 e. The Kier molecular flexibility index (Phi) is 5.48. The van der Waals surface area contributed by atoms with Crippen molar-refractivity contribution in [3.63, 3.8) is 0 Å². The fourth-order valence-electron chi connectivity index (χ4n) is 6.59. The van der Waals surface area contributed by atoms with E-state index in [1.165, 1.54) is 60.4 Å². The molecule has 8 aromatic rings. The first-order valence-corrected chi connectivity index (χ1v) is 14.3. The van der Waals surface area contributed by atoms with Crippen LogP contribution in [0.3, 0.4) is 0 Å². The molecule has 0 aliphatic heterocycles. The van der Waals surface area contributed by atoms with Crippen LogP contribution in [0.1, 0.15) is 11.1 Å². The van der Waals surface area contributed by atoms with Gasteiger partial charge in [0.2, 0.25) is 0 Å². The van der Waals surface area contributed by atoms with E-state index >= 15 is 0 Å². The van der Waals surface area contributed by atoms with Gasteiger partial charge in [0, 0.05) is 32.9 Å². The number of nitrogens with zero attached hydrogens (tertiary/aromatic N) is 2. The van der Waals surface area contributed by atoms with Crippen molar-refractivity contribution >= 4 is 55.8 Å². The summed E-state index contributed by atoms with van der Waals surface area (Å²) in [4.78, 5) is 0. The fraction of sp³-hybridized carbons (Fsp3) is 0. The van der Waals surface area contributed by atoms with Gasteiger partial charge in [-0.05, 0) is 76.9 Å². The topological polar surface area (TPSA) is 9.86 Å². The van der Waals surface area contributed by atoms with Gasteiger partial charge in [0.1, 0.15) is 0 Å². The van der Waals surface area contributed by atoms with Gasteiger partial charge >= 0.3 is 0 Å². The van der Waals surface area contributed by atoms with Gasteiger partial charge in [-0.1, -0.05) is 104 Å². The Labute approximate surface area is 244 Å². The van der Waals surface area contributed by atoms with Gasteiger partial charge in [-0.15, -0.1) is 0 Å². The van der Waals surface area contributed by atoms with E-state index in [0.29, 0.717) is 0 Å². The molecule has 42 heavy (non-hydrogen) atoms. The highest BCUT2D eigenvalue weighted by Gasteiger charge is 2.16. The Bertz CT molecular complexity index is 2310. The zero-order valence-corrected chi connectivity index (χ0v) is 23.2. The first kappa shape index (κ1) is 24.2. The minimum Gasteiger partial charge on any atom is -0.309 e. The monoisotopic (exact) mass is 536 g/mol. The van der Waals surface area contributed by atoms with Crippen molar-refractivity contribution in [1.82, 2.24) is 9.13 Å². The highest BCUT2D eigenvalue weighted by Crippen LogP contribution is 2.38. The highest BCUT2D eigenvalue weighted by molar-refractivity contribution is 6.14. The Morgan fingerprint density at radius 1 is 0.429 bits per heavy atom. The summed E-state index contributed by atoms with van der Waals surface area (Å²) in [6.45, 7) is 8.15. The highest BCUT2D eigenvalue weighted by atomic mass is 15.0. The summed E-state index contributed by atoms with van der Waals surface area (Å²) >= 11 is 0. The minimum atomic E-state index is 1.10. The predicted octanol–water partition coefficient (Wildman–Crippen LogP) is 10.8. The number of rotatable bonds is 5. The molecule has 0 N–H and O–H groups in total. The second kappa shape index (κ2) is 9.50. The zero-order valence-electron chi connectivity index (χ0n) is 23.2. The Hall–Kier alpha value is -5.60. The summed E-state index contributed by atoms with van der Waals surface area (Å²) in [5, 5.41) is 4.95. The second-order valence-corrected chi connectivity index (χ2v) is 10.7. The van der Waals surface area contributed by atoms with E-state index < -0.39 is 0 Å². The summed E-state index contributed by atoms with van der Waals surface area (Å²) in [6.07, 6.45) is 3.86. The zero-order chi connectivity index (χ0) is 28.2. The Morgan fingerprint density at radius 2 is 1.00 bits per heavy atom. The Balaban J connectivity index is 1.28. The molecular weight excluding hydrogens is 508 g/mol. The molecular formula is C40H28N2. The maximum absolute atomic E-state index is 4.12. The largest absolute Gasteiger partial charge is 0.309 e. The van der Waals surface area contributed by atoms with Crippen molar-refractivity contribution in [1.29, 1.82) is 0 Å². The molecule has 0 bridgehead atoms. The van der Waals surface area contributed by atoms with Crippen molar-refractivity contribution in [3.8, 4) is 22.5 Å². The van der Waals surface area contributed by atoms with Crippen molar-refractivity contribution in [2.75, 3.05) is 0 Å². The third-order valence-electron chi connectivity index (χ3n) is 8.48. The number of fused-ring (bicyclic) bond motifs is 6. The average molecular weight is 537 g/mol. The van der Waals surface area contributed by atoms with E-state index in [4.69, 9.17) is 0 Å². The maximum Gasteiger partial charge on any atom is 0.0547 e. The van der Waals surface area contributed by atoms with Crippen LogP contribution in [0, 0.1) is 0 Å². The van der Waals surface area contributed by atoms with Crippen LogP contribution in [-0.2, 0) is 0 Å². The fourth-order valence-corrected chi connectivity index (χ4v) is 6.59. The van der Waals surface area contributed by atoms with Gasteiger partial charge in [-0.2, -0.15) is 0 Å². The van der Waals surface area contributed by atoms with Crippen molar-refractivity contribution in [2.24, 2.45) is 0 Å². The molecule has 2 aromatic heterocycles. The first-order valence-electron chi connectivity index (χ1n) is 14.3. The summed E-state index contributed by atoms with van der Waals surface area (Å²) in [6, 6.07) is 48.0. The van der Waals surface area contributed by atoms with Crippen LogP contribution in [0.15, 0.2) is 147 Å². The van der Waals surface area contributed by atoms with E-state index in [0.717, 1.165) is 16.8 Å². The summed E-state index contributed by atoms with van der Waals surface area (Å²) in [5.74, 6) is 0. The van der Waals surface area contributed by atoms with E-state index in [-0.39, 0.29) is 0 Å². The summed E-state index contributed by atoms with van der Waals surface area (Å²) in [5.41, 5.74) is 11.7. The van der Waals surface area contributed by atoms with Crippen molar-refractivity contribution in [2.45, 2.75) is 0 Å². The molecule has 6 aromatic carbocycles. The van der Waals surface area contributed by atoms with Crippen LogP contribution in [-0.4, -0.2) is 9.13 Å². The lowest BCUT2D eigenvalue weighted by atomic mass is 10.0. The van der Waals surface area contributed by atoms with E-state index in [9.17, 15) is 0 Å². The molecule has 0 aliphatic rings. The van der Waals surface area contributed by atoms with E-state index in [1.807, 2.05) is 12.2 Å². The van der Waals surface area contributed by atoms with Crippen LogP contribution >= 0.6 is 0 Å². The molecule has 0 saturated carbocycles. The van der Waals surface area contributed by atoms with Crippen LogP contribution in [0.4, 0.5) is 0 Å². The number of benzene rings is 6. The minimum absolute atomic E-state index is 1.10. The molecule has 0 fully saturated rings. The maximum atomic E-state index is 4.12. The number of para-hydroxylation sites is 3. The lowest BCUT2D eigenvalue weighted by molar-refractivity contribution is 1.18. The van der Waals surface area contributed by atoms with Crippen molar-refractivity contribution in [3.05, 3.63) is 158 Å². The third kappa shape index (κ3) is 3.52. The molecule has 8 rings (SSSR count). The molecule has 0 spiro atoms. The van der Waals surface area contributed by atoms with Gasteiger partial charge in [-0.25, -0.2) is 0 Å². The predicted molar refractivity (Wildman–Crippen MR) is 181 cm³/mol. The third-order valence-corrected chi connectivity index (χ3v) is 8.48. The molecule has 0 radical (unpaired) electrons. The second-order valence-electron chi connectivity index (χ2n) is 10.7. The summed E-state index contributed by atoms with van der Waals surface area (Å²) < 4.78 is 4.71. The van der Waals surface area contributed by atoms with Gasteiger partial charge < -0.3 is 9.13 Å². The SMILES string of the molecule is C=Cc1ccc2c(c1C=C)c1ccccc1n2-c1ccc(-c2ccc3c(c2)c2ccccc2n3-c2ccccc2)cc1. The van der Waals surface area contributed by atoms with Gasteiger partial charge in [-0.3, -0.25) is 0 Å². The molecule has 2 heterocycles. The van der Waals surface area contributed by atoms with E-state index in [2.05, 4.69) is 156 Å². The number of aromatic nitrogens is 2. The quantitative estimate of drug-likeness (QED) is 0.207. The Morgan fingerprint density at radius 3 is 1.74 bits per heavy atom. The van der Waals surface area contributed by atoms with E-state index in [1.54, 1.807) is 0 Å². The average Bonchev–Trinajstić information content (AvgIpc) is 3.57. The van der Waals surface area contributed by atoms with Crippen LogP contribution in [0.2, 0.25) is 0 Å². The number of hydrogen-bond acceptors (Lipinski definition) is 0. The molecule has 0 atom stereocenters. The first-order chi connectivity index (χ1) is 20.8. The molecule has 2 nitrogen and oxygen atoms in total. The van der Waals surface area contributed by atoms with Gasteiger partial charge in [0.15, 0.2) is 0 Å². The molecule has 0 amide bonds. The standard InChI is InChI=1S/C40H28N2/c1-3-27-20-25-39-40(32(27)4-2)34-15-9-11-17-37(34)42(39)31-22-18-28(19-23-31)29-21-24-38-35(26-29)33-14-8-10-16-36(33)41(38)30-12-6-5-7-13-30/h3-26H,1-2H2. The molecule has 198 valence electrons. The normalized spacial score (nSPS) is 11.5. The molecule has 2 heteroatoms. The number of hydrogen-bond donors (Lipinski definition) is 0. The van der Waals surface area contributed by atoms with Crippen LogP contribution in [0.25, 0.3) is 78.3 Å². The van der Waals surface area contributed by atoms with Crippen molar-refractivity contribution < 1.29 is 0 Å². The molecule has 0 saturated heterocycles. The lowest BCUT2D eigenvalue weighted by Gasteiger charge is -2.11. The van der Waals surface area contributed by atoms with Gasteiger partial charge in [0.05, 0.1) is 22.1 Å². The molecule has 0 unspecified atom stereocenters. The lowest BCUT2D eigenvalue weighted by Crippen LogP contribution is -1.94.